The molecule has 2 fully saturated rings. The number of alkyl carbamates (subject to hydrolysis) is 1. The van der Waals surface area contributed by atoms with Gasteiger partial charge in [-0.15, -0.1) is 0 Å². The van der Waals surface area contributed by atoms with Gasteiger partial charge < -0.3 is 25.0 Å². The molecule has 6 nitrogen and oxygen atoms in total. The van der Waals surface area contributed by atoms with Crippen molar-refractivity contribution in [2.75, 3.05) is 32.6 Å². The molecule has 118 valence electrons. The summed E-state index contributed by atoms with van der Waals surface area (Å²) in [4.78, 5) is 11.1. The Morgan fingerprint density at radius 1 is 1.41 bits per heavy atom. The second-order valence-corrected chi connectivity index (χ2v) is 7.25. The lowest BCUT2D eigenvalue weighted by Crippen LogP contribution is -2.52. The van der Waals surface area contributed by atoms with Crippen LogP contribution in [0.15, 0.2) is 18.2 Å². The number of fused-ring (bicyclic) bond motifs is 3. The van der Waals surface area contributed by atoms with E-state index in [4.69, 9.17) is 4.74 Å². The molecule has 2 saturated heterocycles. The van der Waals surface area contributed by atoms with Gasteiger partial charge in [0.15, 0.2) is 11.8 Å². The lowest BCUT2D eigenvalue weighted by Gasteiger charge is -2.33. The fraction of sp³-hybridized carbons (Fsp3) is 0.562. The molecule has 3 N–H and O–H groups in total. The van der Waals surface area contributed by atoms with Crippen molar-refractivity contribution in [1.82, 2.24) is 5.32 Å². The number of ether oxygens (including phenoxy) is 1. The topological polar surface area (TPSA) is 70.6 Å². The molecule has 3 aliphatic heterocycles. The van der Waals surface area contributed by atoms with E-state index < -0.39 is 5.60 Å². The fourth-order valence-electron chi connectivity index (χ4n) is 4.05. The number of amides is 1. The first-order valence-electron chi connectivity index (χ1n) is 7.77. The highest BCUT2D eigenvalue weighted by molar-refractivity contribution is 5.69. The van der Waals surface area contributed by atoms with Gasteiger partial charge >= 0.3 is 6.09 Å². The number of aliphatic hydroxyl groups is 1. The minimum Gasteiger partial charge on any atom is -0.447 e. The number of carbonyl (C=O) groups excluding carboxylic acids is 1. The van der Waals surface area contributed by atoms with Crippen LogP contribution in [0.5, 0.6) is 0 Å². The lowest BCUT2D eigenvalue weighted by molar-refractivity contribution is -0.902. The van der Waals surface area contributed by atoms with Crippen molar-refractivity contribution < 1.29 is 19.1 Å². The predicted molar refractivity (Wildman–Crippen MR) is 81.3 cm³/mol. The molecular formula is C16H22N3O3+. The average Bonchev–Trinajstić information content (AvgIpc) is 3.06. The van der Waals surface area contributed by atoms with E-state index in [-0.39, 0.29) is 18.3 Å². The third kappa shape index (κ3) is 1.90. The quantitative estimate of drug-likeness (QED) is 0.706. The van der Waals surface area contributed by atoms with E-state index in [2.05, 4.69) is 36.9 Å². The summed E-state index contributed by atoms with van der Waals surface area (Å²) in [5.41, 5.74) is 2.32. The van der Waals surface area contributed by atoms with Crippen LogP contribution in [0.3, 0.4) is 0 Å². The van der Waals surface area contributed by atoms with Crippen LogP contribution < -0.4 is 10.6 Å². The number of anilines is 1. The standard InChI is InChI=1S/C16H21N3O3/c1-19(2)6-5-16(21)12-8-10(3-4-13(12)18-14(16)19)7-11-9-22-15(20)17-11/h3-4,8,11,14,18,21H,5-7,9H2,1-2H3/p+1/t11-,14?,16?/m0/s1. The van der Waals surface area contributed by atoms with Gasteiger partial charge in [0, 0.05) is 17.7 Å². The summed E-state index contributed by atoms with van der Waals surface area (Å²) in [6, 6.07) is 6.19. The molecule has 3 aliphatic rings. The molecule has 1 amide bonds. The highest BCUT2D eigenvalue weighted by Crippen LogP contribution is 2.48. The SMILES string of the molecule is C[N+]1(C)CCC2(O)c3cc(C[C@H]4COC(=O)N4)ccc3NC21. The molecule has 0 bridgehead atoms. The molecule has 3 heterocycles. The Labute approximate surface area is 129 Å². The van der Waals surface area contributed by atoms with Gasteiger partial charge in [0.25, 0.3) is 0 Å². The Bertz CT molecular complexity index is 646. The molecule has 4 rings (SSSR count). The Morgan fingerprint density at radius 3 is 2.95 bits per heavy atom. The van der Waals surface area contributed by atoms with E-state index in [1.54, 1.807) is 0 Å². The van der Waals surface area contributed by atoms with Crippen molar-refractivity contribution in [3.05, 3.63) is 29.3 Å². The third-order valence-corrected chi connectivity index (χ3v) is 5.28. The van der Waals surface area contributed by atoms with Crippen molar-refractivity contribution in [1.29, 1.82) is 0 Å². The van der Waals surface area contributed by atoms with Gasteiger partial charge in [0.1, 0.15) is 6.61 Å². The van der Waals surface area contributed by atoms with E-state index in [9.17, 15) is 9.90 Å². The number of nitrogens with zero attached hydrogens (tertiary/aromatic N) is 1. The minimum absolute atomic E-state index is 0.00673. The van der Waals surface area contributed by atoms with E-state index in [0.717, 1.165) is 40.7 Å². The maximum absolute atomic E-state index is 11.2. The first-order valence-corrected chi connectivity index (χ1v) is 7.77. The van der Waals surface area contributed by atoms with E-state index >= 15 is 0 Å². The number of cyclic esters (lactones) is 1. The summed E-state index contributed by atoms with van der Waals surface area (Å²) in [5.74, 6) is 0. The zero-order valence-electron chi connectivity index (χ0n) is 12.9. The summed E-state index contributed by atoms with van der Waals surface area (Å²) in [7, 11) is 4.29. The smallest absolute Gasteiger partial charge is 0.407 e. The maximum Gasteiger partial charge on any atom is 0.407 e. The highest BCUT2D eigenvalue weighted by atomic mass is 16.6. The molecule has 0 aliphatic carbocycles. The second kappa shape index (κ2) is 4.36. The van der Waals surface area contributed by atoms with Crippen LogP contribution in [-0.2, 0) is 16.8 Å². The molecule has 1 aromatic rings. The molecule has 1 aromatic carbocycles. The average molecular weight is 304 g/mol. The number of hydrogen-bond acceptors (Lipinski definition) is 4. The number of nitrogens with one attached hydrogen (secondary N) is 2. The van der Waals surface area contributed by atoms with Crippen molar-refractivity contribution >= 4 is 11.8 Å². The van der Waals surface area contributed by atoms with Gasteiger partial charge in [-0.2, -0.15) is 0 Å². The van der Waals surface area contributed by atoms with Crippen molar-refractivity contribution in [2.45, 2.75) is 30.7 Å². The van der Waals surface area contributed by atoms with Gasteiger partial charge in [-0.3, -0.25) is 0 Å². The van der Waals surface area contributed by atoms with Crippen LogP contribution in [0.1, 0.15) is 17.5 Å². The Hall–Kier alpha value is -1.79. The van der Waals surface area contributed by atoms with Crippen molar-refractivity contribution in [3.8, 4) is 0 Å². The van der Waals surface area contributed by atoms with Crippen LogP contribution in [-0.4, -0.2) is 55.1 Å². The molecule has 22 heavy (non-hydrogen) atoms. The van der Waals surface area contributed by atoms with Gasteiger partial charge in [-0.25, -0.2) is 4.79 Å². The molecular weight excluding hydrogens is 282 g/mol. The van der Waals surface area contributed by atoms with E-state index in [0.29, 0.717) is 6.61 Å². The summed E-state index contributed by atoms with van der Waals surface area (Å²) >= 11 is 0. The van der Waals surface area contributed by atoms with Gasteiger partial charge in [-0.1, -0.05) is 12.1 Å². The predicted octanol–water partition coefficient (Wildman–Crippen LogP) is 0.757. The largest absolute Gasteiger partial charge is 0.447 e. The van der Waals surface area contributed by atoms with Crippen LogP contribution >= 0.6 is 0 Å². The van der Waals surface area contributed by atoms with Gasteiger partial charge in [0.2, 0.25) is 0 Å². The first kappa shape index (κ1) is 13.8. The molecule has 6 heteroatoms. The summed E-state index contributed by atoms with van der Waals surface area (Å²) < 4.78 is 5.70. The minimum atomic E-state index is -0.801. The number of rotatable bonds is 2. The Morgan fingerprint density at radius 2 is 2.23 bits per heavy atom. The number of carbonyl (C=O) groups is 1. The summed E-state index contributed by atoms with van der Waals surface area (Å²) in [6.45, 7) is 1.36. The van der Waals surface area contributed by atoms with E-state index in [1.165, 1.54) is 0 Å². The fourth-order valence-corrected chi connectivity index (χ4v) is 4.05. The van der Waals surface area contributed by atoms with Crippen molar-refractivity contribution in [2.24, 2.45) is 0 Å². The summed E-state index contributed by atoms with van der Waals surface area (Å²) in [5, 5.41) is 17.5. The number of likely N-dealkylation sites (tertiary alicyclic amines) is 1. The highest BCUT2D eigenvalue weighted by Gasteiger charge is 2.59. The van der Waals surface area contributed by atoms with Crippen molar-refractivity contribution in [3.63, 3.8) is 0 Å². The van der Waals surface area contributed by atoms with Crippen LogP contribution in [0.4, 0.5) is 10.5 Å². The molecule has 0 spiro atoms. The molecule has 3 atom stereocenters. The monoisotopic (exact) mass is 304 g/mol. The first-order chi connectivity index (χ1) is 10.4. The van der Waals surface area contributed by atoms with Gasteiger partial charge in [0.05, 0.1) is 26.7 Å². The zero-order valence-corrected chi connectivity index (χ0v) is 12.9. The third-order valence-electron chi connectivity index (χ3n) is 5.28. The van der Waals surface area contributed by atoms with Crippen LogP contribution in [0, 0.1) is 0 Å². The molecule has 0 aromatic heterocycles. The maximum atomic E-state index is 11.2. The molecule has 0 saturated carbocycles. The normalized spacial score (nSPS) is 34.6. The second-order valence-electron chi connectivity index (χ2n) is 7.25. The number of hydrogen-bond donors (Lipinski definition) is 3. The number of likely N-dealkylation sites (N-methyl/N-ethyl adjacent to an activating group) is 1. The molecule has 0 radical (unpaired) electrons. The summed E-state index contributed by atoms with van der Waals surface area (Å²) in [6.07, 6.45) is 1.14. The lowest BCUT2D eigenvalue weighted by atomic mass is 9.90. The molecule has 2 unspecified atom stereocenters. The number of benzene rings is 1. The van der Waals surface area contributed by atoms with E-state index in [1.807, 2.05) is 6.07 Å². The van der Waals surface area contributed by atoms with Crippen LogP contribution in [0.2, 0.25) is 0 Å². The van der Waals surface area contributed by atoms with Gasteiger partial charge in [-0.05, 0) is 18.1 Å². The zero-order chi connectivity index (χ0) is 15.5. The Balaban J connectivity index is 1.62. The number of quaternary nitrogens is 1. The Kier molecular flexibility index (Phi) is 2.75. The van der Waals surface area contributed by atoms with Crippen LogP contribution in [0.25, 0.3) is 0 Å².